The number of hydrogen-bond donors (Lipinski definition) is 3. The number of methoxy groups -OCH3 is 1. The van der Waals surface area contributed by atoms with Crippen LogP contribution in [0.2, 0.25) is 0 Å². The van der Waals surface area contributed by atoms with E-state index >= 15 is 0 Å². The highest BCUT2D eigenvalue weighted by Crippen LogP contribution is 2.47. The van der Waals surface area contributed by atoms with Gasteiger partial charge in [0.05, 0.1) is 25.0 Å². The monoisotopic (exact) mass is 435 g/mol. The number of halogens is 1. The van der Waals surface area contributed by atoms with Gasteiger partial charge in [0.25, 0.3) is 0 Å². The smallest absolute Gasteiger partial charge is 0.319 e. The summed E-state index contributed by atoms with van der Waals surface area (Å²) < 4.78 is 24.7. The number of hydrogen-bond acceptors (Lipinski definition) is 9. The van der Waals surface area contributed by atoms with Crippen LogP contribution in [-0.2, 0) is 9.53 Å². The van der Waals surface area contributed by atoms with Gasteiger partial charge in [-0.3, -0.25) is 4.79 Å². The van der Waals surface area contributed by atoms with E-state index in [2.05, 4.69) is 15.3 Å². The number of thioether (sulfide) groups is 1. The Morgan fingerprint density at radius 3 is 2.70 bits per heavy atom. The van der Waals surface area contributed by atoms with E-state index in [1.54, 1.807) is 0 Å². The Bertz CT molecular complexity index is 952. The van der Waals surface area contributed by atoms with Crippen LogP contribution in [-0.4, -0.2) is 56.8 Å². The van der Waals surface area contributed by atoms with E-state index in [1.165, 1.54) is 43.4 Å². The third kappa shape index (κ3) is 3.94. The molecule has 1 fully saturated rings. The summed E-state index contributed by atoms with van der Waals surface area (Å²) in [5.41, 5.74) is 1.26. The van der Waals surface area contributed by atoms with Crippen LogP contribution in [0, 0.1) is 5.82 Å². The Morgan fingerprint density at radius 2 is 2.00 bits per heavy atom. The maximum atomic E-state index is 13.9. The molecular formula is C20H22FN3O5S. The summed E-state index contributed by atoms with van der Waals surface area (Å²) in [6, 6.07) is 4.08. The zero-order valence-corrected chi connectivity index (χ0v) is 17.2. The summed E-state index contributed by atoms with van der Waals surface area (Å²) in [5.74, 6) is -0.255. The van der Waals surface area contributed by atoms with E-state index in [0.717, 1.165) is 5.56 Å². The number of aliphatic hydroxyl groups is 2. The summed E-state index contributed by atoms with van der Waals surface area (Å²) in [5, 5.41) is 22.9. The normalized spacial score (nSPS) is 25.8. The first-order chi connectivity index (χ1) is 14.4. The fourth-order valence-corrected chi connectivity index (χ4v) is 5.07. The molecule has 1 saturated carbocycles. The summed E-state index contributed by atoms with van der Waals surface area (Å²) in [4.78, 5) is 20.7. The van der Waals surface area contributed by atoms with E-state index < -0.39 is 29.4 Å². The SMILES string of the molecule is COC(=O)C1Sc2ncnc(Nc3ccc(F)cc3OC3C[C@@H](O)[C@H](O)C3)c2C1C. The van der Waals surface area contributed by atoms with Crippen molar-refractivity contribution < 1.29 is 28.9 Å². The predicted molar refractivity (Wildman–Crippen MR) is 107 cm³/mol. The van der Waals surface area contributed by atoms with Gasteiger partial charge in [-0.1, -0.05) is 18.7 Å². The summed E-state index contributed by atoms with van der Waals surface area (Å²) in [6.45, 7) is 1.90. The fourth-order valence-electron chi connectivity index (χ4n) is 3.77. The lowest BCUT2D eigenvalue weighted by molar-refractivity contribution is -0.140. The van der Waals surface area contributed by atoms with Crippen molar-refractivity contribution >= 4 is 29.2 Å². The average molecular weight is 435 g/mol. The second-order valence-corrected chi connectivity index (χ2v) is 8.53. The van der Waals surface area contributed by atoms with Crippen LogP contribution < -0.4 is 10.1 Å². The first-order valence-corrected chi connectivity index (χ1v) is 10.4. The molecule has 2 aromatic rings. The average Bonchev–Trinajstić information content (AvgIpc) is 3.22. The molecular weight excluding hydrogens is 413 g/mol. The van der Waals surface area contributed by atoms with Gasteiger partial charge in [0.15, 0.2) is 0 Å². The molecule has 0 amide bonds. The highest BCUT2D eigenvalue weighted by Gasteiger charge is 2.39. The molecule has 3 N–H and O–H groups in total. The van der Waals surface area contributed by atoms with Crippen molar-refractivity contribution in [2.75, 3.05) is 12.4 Å². The van der Waals surface area contributed by atoms with Gasteiger partial charge in [-0.15, -0.1) is 0 Å². The van der Waals surface area contributed by atoms with Crippen LogP contribution in [0.15, 0.2) is 29.6 Å². The number of esters is 1. The van der Waals surface area contributed by atoms with Crippen molar-refractivity contribution in [3.8, 4) is 5.75 Å². The first kappa shape index (κ1) is 20.8. The minimum absolute atomic E-state index is 0.189. The van der Waals surface area contributed by atoms with E-state index in [1.807, 2.05) is 6.92 Å². The summed E-state index contributed by atoms with van der Waals surface area (Å²) in [6.07, 6.45) is -0.250. The quantitative estimate of drug-likeness (QED) is 0.481. The van der Waals surface area contributed by atoms with Crippen LogP contribution >= 0.6 is 11.8 Å². The molecule has 1 aliphatic heterocycles. The lowest BCUT2D eigenvalue weighted by Crippen LogP contribution is -2.21. The third-order valence-electron chi connectivity index (χ3n) is 5.37. The Labute approximate surface area is 176 Å². The molecule has 2 unspecified atom stereocenters. The van der Waals surface area contributed by atoms with Gasteiger partial charge in [0.2, 0.25) is 0 Å². The number of carbonyl (C=O) groups excluding carboxylic acids is 1. The molecule has 4 rings (SSSR count). The molecule has 160 valence electrons. The lowest BCUT2D eigenvalue weighted by atomic mass is 9.99. The Hall–Kier alpha value is -2.43. The largest absolute Gasteiger partial charge is 0.488 e. The number of benzene rings is 1. The van der Waals surface area contributed by atoms with Crippen molar-refractivity contribution in [2.24, 2.45) is 0 Å². The number of nitrogens with zero attached hydrogens (tertiary/aromatic N) is 2. The number of nitrogens with one attached hydrogen (secondary N) is 1. The number of rotatable bonds is 5. The summed E-state index contributed by atoms with van der Waals surface area (Å²) >= 11 is 1.32. The van der Waals surface area contributed by atoms with Gasteiger partial charge < -0.3 is 25.0 Å². The molecule has 8 nitrogen and oxygen atoms in total. The molecule has 1 aromatic heterocycles. The van der Waals surface area contributed by atoms with E-state index in [0.29, 0.717) is 16.5 Å². The molecule has 0 bridgehead atoms. The van der Waals surface area contributed by atoms with Crippen LogP contribution in [0.3, 0.4) is 0 Å². The number of aromatic nitrogens is 2. The van der Waals surface area contributed by atoms with Crippen molar-refractivity contribution in [3.63, 3.8) is 0 Å². The number of fused-ring (bicyclic) bond motifs is 1. The predicted octanol–water partition coefficient (Wildman–Crippen LogP) is 2.37. The molecule has 10 heteroatoms. The van der Waals surface area contributed by atoms with Crippen LogP contribution in [0.5, 0.6) is 5.75 Å². The van der Waals surface area contributed by atoms with Gasteiger partial charge in [-0.05, 0) is 12.1 Å². The molecule has 30 heavy (non-hydrogen) atoms. The second-order valence-electron chi connectivity index (χ2n) is 7.40. The molecule has 1 aromatic carbocycles. The Morgan fingerprint density at radius 1 is 1.27 bits per heavy atom. The van der Waals surface area contributed by atoms with Crippen molar-refractivity contribution in [1.29, 1.82) is 0 Å². The molecule has 0 spiro atoms. The molecule has 2 aliphatic rings. The molecule has 0 radical (unpaired) electrons. The van der Waals surface area contributed by atoms with Crippen LogP contribution in [0.1, 0.15) is 31.2 Å². The van der Waals surface area contributed by atoms with E-state index in [4.69, 9.17) is 9.47 Å². The van der Waals surface area contributed by atoms with Gasteiger partial charge in [-0.2, -0.15) is 0 Å². The Kier molecular flexibility index (Phi) is 5.81. The zero-order chi connectivity index (χ0) is 21.4. The van der Waals surface area contributed by atoms with E-state index in [9.17, 15) is 19.4 Å². The molecule has 0 saturated heterocycles. The minimum atomic E-state index is -0.863. The third-order valence-corrected chi connectivity index (χ3v) is 6.78. The molecule has 1 aliphatic carbocycles. The van der Waals surface area contributed by atoms with E-state index in [-0.39, 0.29) is 30.5 Å². The number of aliphatic hydroxyl groups excluding tert-OH is 2. The standard InChI is InChI=1S/C20H22FN3O5S/c1-9-16-18(22-8-23-19(16)30-17(9)20(27)28-2)24-12-4-3-10(21)5-15(12)29-11-6-13(25)14(26)7-11/h3-5,8-9,11,13-14,17,25-26H,6-7H2,1-2H3,(H,22,23,24)/t9?,13-,14-,17?/m1/s1. The lowest BCUT2D eigenvalue weighted by Gasteiger charge is -2.19. The van der Waals surface area contributed by atoms with Gasteiger partial charge in [0.1, 0.15) is 40.1 Å². The molecule has 2 heterocycles. The maximum Gasteiger partial charge on any atom is 0.319 e. The van der Waals surface area contributed by atoms with Gasteiger partial charge >= 0.3 is 5.97 Å². The van der Waals surface area contributed by atoms with Crippen molar-refractivity contribution in [3.05, 3.63) is 35.9 Å². The topological polar surface area (TPSA) is 114 Å². The maximum absolute atomic E-state index is 13.9. The fraction of sp³-hybridized carbons (Fsp3) is 0.450. The van der Waals surface area contributed by atoms with Gasteiger partial charge in [-0.25, -0.2) is 14.4 Å². The Balaban J connectivity index is 1.61. The zero-order valence-electron chi connectivity index (χ0n) is 16.4. The highest BCUT2D eigenvalue weighted by molar-refractivity contribution is 8.00. The van der Waals surface area contributed by atoms with Gasteiger partial charge in [0, 0.05) is 30.4 Å². The number of ether oxygens (including phenoxy) is 2. The summed E-state index contributed by atoms with van der Waals surface area (Å²) in [7, 11) is 1.35. The van der Waals surface area contributed by atoms with Crippen molar-refractivity contribution in [2.45, 2.75) is 54.3 Å². The number of anilines is 2. The van der Waals surface area contributed by atoms with Crippen LogP contribution in [0.4, 0.5) is 15.9 Å². The minimum Gasteiger partial charge on any atom is -0.488 e. The first-order valence-electron chi connectivity index (χ1n) is 9.56. The number of carbonyl (C=O) groups is 1. The second kappa shape index (κ2) is 8.37. The molecule has 4 atom stereocenters. The highest BCUT2D eigenvalue weighted by atomic mass is 32.2. The van der Waals surface area contributed by atoms with Crippen molar-refractivity contribution in [1.82, 2.24) is 9.97 Å². The van der Waals surface area contributed by atoms with Crippen LogP contribution in [0.25, 0.3) is 0 Å².